The van der Waals surface area contributed by atoms with E-state index in [0.29, 0.717) is 0 Å². The third-order valence-corrected chi connectivity index (χ3v) is 3.69. The van der Waals surface area contributed by atoms with Crippen molar-refractivity contribution in [1.29, 1.82) is 0 Å². The SMILES string of the molecule is CCCCC(CCC)=C(CCCNC)CCCNC. The highest BCUT2D eigenvalue weighted by atomic mass is 14.8. The van der Waals surface area contributed by atoms with Gasteiger partial charge in [-0.2, -0.15) is 0 Å². The summed E-state index contributed by atoms with van der Waals surface area (Å²) in [6.45, 7) is 6.89. The molecular formula is C17H36N2. The fraction of sp³-hybridized carbons (Fsp3) is 0.882. The fourth-order valence-electron chi connectivity index (χ4n) is 2.61. The highest BCUT2D eigenvalue weighted by molar-refractivity contribution is 5.14. The predicted octanol–water partition coefficient (Wildman–Crippen LogP) is 4.27. The van der Waals surface area contributed by atoms with Crippen LogP contribution in [0.3, 0.4) is 0 Å². The first-order valence-corrected chi connectivity index (χ1v) is 8.29. The van der Waals surface area contributed by atoms with Gasteiger partial charge in [0, 0.05) is 0 Å². The second-order valence-electron chi connectivity index (χ2n) is 5.47. The van der Waals surface area contributed by atoms with Crippen LogP contribution < -0.4 is 10.6 Å². The summed E-state index contributed by atoms with van der Waals surface area (Å²) in [7, 11) is 4.10. The maximum Gasteiger partial charge on any atom is -0.00489 e. The third kappa shape index (κ3) is 10.1. The van der Waals surface area contributed by atoms with Gasteiger partial charge < -0.3 is 10.6 Å². The molecule has 0 spiro atoms. The topological polar surface area (TPSA) is 24.1 Å². The lowest BCUT2D eigenvalue weighted by atomic mass is 9.92. The molecule has 0 radical (unpaired) electrons. The van der Waals surface area contributed by atoms with Gasteiger partial charge >= 0.3 is 0 Å². The van der Waals surface area contributed by atoms with E-state index in [0.717, 1.165) is 13.1 Å². The van der Waals surface area contributed by atoms with Crippen LogP contribution in [0, 0.1) is 0 Å². The zero-order chi connectivity index (χ0) is 14.3. The molecule has 2 nitrogen and oxygen atoms in total. The second-order valence-corrected chi connectivity index (χ2v) is 5.47. The smallest absolute Gasteiger partial charge is 0.00489 e. The number of rotatable bonds is 13. The van der Waals surface area contributed by atoms with Gasteiger partial charge in [0.1, 0.15) is 0 Å². The molecule has 0 fully saturated rings. The van der Waals surface area contributed by atoms with E-state index in [2.05, 4.69) is 38.6 Å². The molecule has 0 bridgehead atoms. The molecule has 0 unspecified atom stereocenters. The van der Waals surface area contributed by atoms with E-state index in [9.17, 15) is 0 Å². The minimum Gasteiger partial charge on any atom is -0.320 e. The van der Waals surface area contributed by atoms with Crippen molar-refractivity contribution in [3.05, 3.63) is 11.1 Å². The molecule has 0 rings (SSSR count). The minimum atomic E-state index is 1.14. The van der Waals surface area contributed by atoms with E-state index in [1.165, 1.54) is 57.8 Å². The quantitative estimate of drug-likeness (QED) is 0.385. The van der Waals surface area contributed by atoms with Crippen molar-refractivity contribution >= 4 is 0 Å². The Labute approximate surface area is 121 Å². The Kier molecular flexibility index (Phi) is 13.8. The molecule has 2 heteroatoms. The zero-order valence-corrected chi connectivity index (χ0v) is 13.8. The van der Waals surface area contributed by atoms with Gasteiger partial charge in [-0.1, -0.05) is 37.8 Å². The van der Waals surface area contributed by atoms with Crippen LogP contribution in [0.2, 0.25) is 0 Å². The van der Waals surface area contributed by atoms with Gasteiger partial charge in [0.25, 0.3) is 0 Å². The van der Waals surface area contributed by atoms with Gasteiger partial charge in [0.05, 0.1) is 0 Å². The zero-order valence-electron chi connectivity index (χ0n) is 13.8. The summed E-state index contributed by atoms with van der Waals surface area (Å²) in [6, 6.07) is 0. The number of hydrogen-bond acceptors (Lipinski definition) is 2. The normalized spacial score (nSPS) is 10.7. The van der Waals surface area contributed by atoms with E-state index in [1.807, 2.05) is 0 Å². The van der Waals surface area contributed by atoms with Crippen LogP contribution in [-0.4, -0.2) is 27.2 Å². The van der Waals surface area contributed by atoms with Gasteiger partial charge in [-0.25, -0.2) is 0 Å². The summed E-state index contributed by atoms with van der Waals surface area (Å²) in [5.41, 5.74) is 3.54. The first-order valence-electron chi connectivity index (χ1n) is 8.29. The Morgan fingerprint density at radius 2 is 1.11 bits per heavy atom. The monoisotopic (exact) mass is 268 g/mol. The number of unbranched alkanes of at least 4 members (excludes halogenated alkanes) is 1. The predicted molar refractivity (Wildman–Crippen MR) is 87.8 cm³/mol. The Morgan fingerprint density at radius 1 is 0.632 bits per heavy atom. The Bertz CT molecular complexity index is 209. The van der Waals surface area contributed by atoms with Crippen LogP contribution in [0.15, 0.2) is 11.1 Å². The van der Waals surface area contributed by atoms with Crippen molar-refractivity contribution in [2.45, 2.75) is 71.6 Å². The van der Waals surface area contributed by atoms with Crippen molar-refractivity contribution < 1.29 is 0 Å². The molecule has 2 N–H and O–H groups in total. The van der Waals surface area contributed by atoms with E-state index in [-0.39, 0.29) is 0 Å². The summed E-state index contributed by atoms with van der Waals surface area (Å²) in [5, 5.41) is 6.54. The van der Waals surface area contributed by atoms with E-state index >= 15 is 0 Å². The largest absolute Gasteiger partial charge is 0.320 e. The van der Waals surface area contributed by atoms with Gasteiger partial charge in [-0.05, 0) is 72.1 Å². The van der Waals surface area contributed by atoms with Crippen LogP contribution in [0.25, 0.3) is 0 Å². The van der Waals surface area contributed by atoms with Crippen molar-refractivity contribution in [3.8, 4) is 0 Å². The van der Waals surface area contributed by atoms with Crippen LogP contribution in [-0.2, 0) is 0 Å². The lowest BCUT2D eigenvalue weighted by molar-refractivity contribution is 0.644. The molecule has 0 aromatic heterocycles. The Hall–Kier alpha value is -0.340. The number of hydrogen-bond donors (Lipinski definition) is 2. The van der Waals surface area contributed by atoms with Gasteiger partial charge in [0.15, 0.2) is 0 Å². The summed E-state index contributed by atoms with van der Waals surface area (Å²) in [6.07, 6.45) is 11.8. The number of nitrogens with one attached hydrogen (secondary N) is 2. The fourth-order valence-corrected chi connectivity index (χ4v) is 2.61. The molecule has 0 aliphatic heterocycles. The lowest BCUT2D eigenvalue weighted by Crippen LogP contribution is -2.10. The molecule has 0 saturated carbocycles. The molecule has 0 heterocycles. The summed E-state index contributed by atoms with van der Waals surface area (Å²) in [5.74, 6) is 0. The molecule has 0 saturated heterocycles. The first-order chi connectivity index (χ1) is 9.29. The van der Waals surface area contributed by atoms with Gasteiger partial charge in [-0.15, -0.1) is 0 Å². The highest BCUT2D eigenvalue weighted by Crippen LogP contribution is 2.25. The average molecular weight is 268 g/mol. The van der Waals surface area contributed by atoms with E-state index in [1.54, 1.807) is 11.1 Å². The molecular weight excluding hydrogens is 232 g/mol. The second kappa shape index (κ2) is 14.1. The Morgan fingerprint density at radius 3 is 1.53 bits per heavy atom. The van der Waals surface area contributed by atoms with E-state index < -0.39 is 0 Å². The van der Waals surface area contributed by atoms with Crippen molar-refractivity contribution in [1.82, 2.24) is 10.6 Å². The third-order valence-electron chi connectivity index (χ3n) is 3.69. The lowest BCUT2D eigenvalue weighted by Gasteiger charge is -2.16. The van der Waals surface area contributed by atoms with Gasteiger partial charge in [-0.3, -0.25) is 0 Å². The van der Waals surface area contributed by atoms with Crippen molar-refractivity contribution in [2.75, 3.05) is 27.2 Å². The van der Waals surface area contributed by atoms with Crippen LogP contribution in [0.4, 0.5) is 0 Å². The summed E-state index contributed by atoms with van der Waals surface area (Å²) >= 11 is 0. The molecule has 0 aromatic carbocycles. The maximum absolute atomic E-state index is 3.27. The molecule has 114 valence electrons. The van der Waals surface area contributed by atoms with E-state index in [4.69, 9.17) is 0 Å². The molecule has 0 atom stereocenters. The molecule has 0 aliphatic rings. The van der Waals surface area contributed by atoms with Crippen LogP contribution >= 0.6 is 0 Å². The average Bonchev–Trinajstić information content (AvgIpc) is 2.42. The Balaban J connectivity index is 4.54. The van der Waals surface area contributed by atoms with Crippen molar-refractivity contribution in [2.24, 2.45) is 0 Å². The maximum atomic E-state index is 3.27. The molecule has 0 amide bonds. The highest BCUT2D eigenvalue weighted by Gasteiger charge is 2.06. The van der Waals surface area contributed by atoms with Crippen LogP contribution in [0.5, 0.6) is 0 Å². The number of allylic oxidation sites excluding steroid dienone is 2. The summed E-state index contributed by atoms with van der Waals surface area (Å²) in [4.78, 5) is 0. The van der Waals surface area contributed by atoms with Crippen LogP contribution in [0.1, 0.15) is 71.6 Å². The van der Waals surface area contributed by atoms with Gasteiger partial charge in [0.2, 0.25) is 0 Å². The summed E-state index contributed by atoms with van der Waals surface area (Å²) < 4.78 is 0. The first kappa shape index (κ1) is 18.7. The minimum absolute atomic E-state index is 1.14. The molecule has 19 heavy (non-hydrogen) atoms. The standard InChI is InChI=1S/C17H36N2/c1-5-7-11-16(10-6-2)17(12-8-14-18-3)13-9-15-19-4/h18-19H,5-15H2,1-4H3. The van der Waals surface area contributed by atoms with Crippen molar-refractivity contribution in [3.63, 3.8) is 0 Å². The molecule has 0 aromatic rings. The molecule has 0 aliphatic carbocycles.